The van der Waals surface area contributed by atoms with Gasteiger partial charge in [-0.15, -0.1) is 0 Å². The van der Waals surface area contributed by atoms with Gasteiger partial charge in [-0.1, -0.05) is 0 Å². The number of likely N-dealkylation sites (N-methyl/N-ethyl adjacent to an activating group) is 1. The normalized spacial score (nSPS) is 18.1. The molecular formula is C10H17CrN3O6. The molecule has 1 rings (SSSR count). The summed E-state index contributed by atoms with van der Waals surface area (Å²) in [4.78, 5) is 5.08. The molecule has 1 atom stereocenters. The summed E-state index contributed by atoms with van der Waals surface area (Å²) in [6.45, 7) is 0. The van der Waals surface area contributed by atoms with Crippen LogP contribution in [-0.2, 0) is 30.7 Å². The second-order valence-corrected chi connectivity index (χ2v) is 5.19. The first-order chi connectivity index (χ1) is 9.13. The van der Waals surface area contributed by atoms with Gasteiger partial charge in [-0.05, 0) is 6.08 Å². The van der Waals surface area contributed by atoms with Gasteiger partial charge in [-0.25, -0.2) is 0 Å². The zero-order chi connectivity index (χ0) is 15.9. The van der Waals surface area contributed by atoms with Crippen LogP contribution in [0.15, 0.2) is 23.6 Å². The van der Waals surface area contributed by atoms with Gasteiger partial charge in [0.1, 0.15) is 5.76 Å². The first kappa shape index (κ1) is 18.5. The van der Waals surface area contributed by atoms with Crippen molar-refractivity contribution >= 4 is 5.71 Å². The molecule has 1 aliphatic carbocycles. The molecule has 114 valence electrons. The van der Waals surface area contributed by atoms with Crippen molar-refractivity contribution in [3.05, 3.63) is 29.1 Å². The van der Waals surface area contributed by atoms with Crippen LogP contribution in [0.2, 0.25) is 0 Å². The molecule has 20 heavy (non-hydrogen) atoms. The Labute approximate surface area is 118 Å². The van der Waals surface area contributed by atoms with Crippen molar-refractivity contribution in [1.82, 2.24) is 4.90 Å². The molecule has 0 heterocycles. The predicted octanol–water partition coefficient (Wildman–Crippen LogP) is -0.693. The standard InChI is InChI=1S/C10H15N3O2.Cr.2H2O.2O/c1-13(2)8-6-9(14-3)7(12-11)5-10(8)15-4;;;;;/h5-6,9H,1-4H3;;2*1H2;;/q;+2;;;;/p-2. The maximum absolute atomic E-state index is 8.82. The van der Waals surface area contributed by atoms with E-state index in [0.29, 0.717) is 11.5 Å². The van der Waals surface area contributed by atoms with Gasteiger partial charge in [0.15, 0.2) is 6.10 Å². The Morgan fingerprint density at radius 2 is 1.85 bits per heavy atom. The number of nitrogens with zero attached hydrogens (tertiary/aromatic N) is 3. The first-order valence-corrected chi connectivity index (χ1v) is 7.42. The molecule has 0 aliphatic heterocycles. The van der Waals surface area contributed by atoms with Crippen LogP contribution in [0.4, 0.5) is 0 Å². The summed E-state index contributed by atoms with van der Waals surface area (Å²) in [5.41, 5.74) is 10.1. The van der Waals surface area contributed by atoms with E-state index in [-0.39, 0.29) is 6.10 Å². The van der Waals surface area contributed by atoms with Crippen LogP contribution in [0, 0.1) is 0 Å². The second-order valence-electron chi connectivity index (χ2n) is 3.79. The van der Waals surface area contributed by atoms with E-state index >= 15 is 0 Å². The third kappa shape index (κ3) is 6.58. The number of methoxy groups -OCH3 is 2. The molecule has 0 amide bonds. The molecule has 0 spiro atoms. The Morgan fingerprint density at radius 3 is 2.15 bits per heavy atom. The van der Waals surface area contributed by atoms with Gasteiger partial charge in [-0.3, -0.25) is 0 Å². The second kappa shape index (κ2) is 7.92. The van der Waals surface area contributed by atoms with Crippen LogP contribution in [0.5, 0.6) is 0 Å². The van der Waals surface area contributed by atoms with Crippen LogP contribution >= 0.6 is 0 Å². The van der Waals surface area contributed by atoms with Crippen LogP contribution < -0.4 is 0 Å². The van der Waals surface area contributed by atoms with E-state index in [2.05, 4.69) is 4.79 Å². The Bertz CT molecular complexity index is 537. The van der Waals surface area contributed by atoms with E-state index in [0.717, 1.165) is 5.70 Å². The molecule has 1 aliphatic rings. The summed E-state index contributed by atoms with van der Waals surface area (Å²) in [5.74, 6) is 0.654. The molecule has 9 nitrogen and oxygen atoms in total. The molecule has 1 unspecified atom stereocenters. The summed E-state index contributed by atoms with van der Waals surface area (Å²) >= 11 is -5.25. The molecule has 2 N–H and O–H groups in total. The fourth-order valence-electron chi connectivity index (χ4n) is 1.41. The summed E-state index contributed by atoms with van der Waals surface area (Å²) < 4.78 is 42.2. The van der Waals surface area contributed by atoms with Crippen LogP contribution in [0.1, 0.15) is 0 Å². The van der Waals surface area contributed by atoms with Crippen molar-refractivity contribution in [1.29, 1.82) is 0 Å². The molecule has 0 saturated heterocycles. The third-order valence-electron chi connectivity index (χ3n) is 2.20. The van der Waals surface area contributed by atoms with Gasteiger partial charge in [0.25, 0.3) is 0 Å². The van der Waals surface area contributed by atoms with Crippen molar-refractivity contribution < 1.29 is 43.8 Å². The van der Waals surface area contributed by atoms with Gasteiger partial charge in [-0.2, -0.15) is 4.79 Å². The number of hydrogen-bond acceptors (Lipinski definition) is 5. The zero-order valence-corrected chi connectivity index (χ0v) is 12.8. The average molecular weight is 327 g/mol. The monoisotopic (exact) mass is 327 g/mol. The van der Waals surface area contributed by atoms with E-state index in [4.69, 9.17) is 30.9 Å². The molecule has 10 heteroatoms. The third-order valence-corrected chi connectivity index (χ3v) is 2.20. The van der Waals surface area contributed by atoms with Crippen molar-refractivity contribution in [3.63, 3.8) is 0 Å². The summed E-state index contributed by atoms with van der Waals surface area (Å²) in [7, 11) is 6.95. The van der Waals surface area contributed by atoms with Gasteiger partial charge >= 0.3 is 35.2 Å². The number of ether oxygens (including phenoxy) is 2. The minimum atomic E-state index is -5.25. The van der Waals surface area contributed by atoms with E-state index in [1.165, 1.54) is 0 Å². The van der Waals surface area contributed by atoms with Crippen molar-refractivity contribution in [2.45, 2.75) is 6.10 Å². The van der Waals surface area contributed by atoms with Crippen LogP contribution in [0.25, 0.3) is 5.53 Å². The molecule has 0 saturated carbocycles. The van der Waals surface area contributed by atoms with Gasteiger partial charge < -0.3 is 19.9 Å². The van der Waals surface area contributed by atoms with Crippen LogP contribution in [-0.4, -0.2) is 58.1 Å². The summed E-state index contributed by atoms with van der Waals surface area (Å²) in [6, 6.07) is 0. The fraction of sp³-hybridized carbons (Fsp3) is 0.500. The fourth-order valence-corrected chi connectivity index (χ4v) is 1.41. The molecule has 0 aromatic heterocycles. The summed E-state index contributed by atoms with van der Waals surface area (Å²) in [6.07, 6.45) is 3.16. The number of rotatable bonds is 3. The Morgan fingerprint density at radius 1 is 1.35 bits per heavy atom. The van der Waals surface area contributed by atoms with Crippen LogP contribution in [0.3, 0.4) is 0 Å². The Balaban J connectivity index is 0.000000621. The SMILES string of the molecule is COC1=CC(=[N+]=[N-])C(OC)C=C1N(C)C.[O]=[Cr](=[O])([OH])[OH]. The van der Waals surface area contributed by atoms with Gasteiger partial charge in [0, 0.05) is 21.2 Å². The van der Waals surface area contributed by atoms with E-state index in [9.17, 15) is 0 Å². The predicted molar refractivity (Wildman–Crippen MR) is 62.1 cm³/mol. The van der Waals surface area contributed by atoms with E-state index in [1.54, 1.807) is 20.3 Å². The molecule has 0 bridgehead atoms. The average Bonchev–Trinajstić information content (AvgIpc) is 2.34. The van der Waals surface area contributed by atoms with Gasteiger partial charge in [0.2, 0.25) is 0 Å². The van der Waals surface area contributed by atoms with Crippen molar-refractivity contribution in [3.8, 4) is 0 Å². The molecule has 0 fully saturated rings. The van der Waals surface area contributed by atoms with Crippen molar-refractivity contribution in [2.24, 2.45) is 0 Å². The molecule has 0 aromatic rings. The molecular weight excluding hydrogens is 310 g/mol. The maximum atomic E-state index is 8.82. The number of hydrogen-bond donors (Lipinski definition) is 2. The quantitative estimate of drug-likeness (QED) is 0.517. The summed E-state index contributed by atoms with van der Waals surface area (Å²) in [5, 5.41) is 0. The minimum absolute atomic E-state index is 0.341. The van der Waals surface area contributed by atoms with Crippen molar-refractivity contribution in [2.75, 3.05) is 28.3 Å². The molecule has 0 radical (unpaired) electrons. The Hall–Kier alpha value is -1.53. The molecule has 0 aromatic carbocycles. The zero-order valence-electron chi connectivity index (χ0n) is 11.5. The van der Waals surface area contributed by atoms with E-state index < -0.39 is 13.6 Å². The topological polar surface area (TPSA) is 133 Å². The van der Waals surface area contributed by atoms with Gasteiger partial charge in [0.05, 0.1) is 18.9 Å². The first-order valence-electron chi connectivity index (χ1n) is 5.23. The van der Waals surface area contributed by atoms with E-state index in [1.807, 2.05) is 25.1 Å². The Kier molecular flexibility index (Phi) is 7.31.